The average Bonchev–Trinajstić information content (AvgIpc) is 3.50. The molecule has 10 heteroatoms. The zero-order valence-electron chi connectivity index (χ0n) is 17.4. The predicted octanol–water partition coefficient (Wildman–Crippen LogP) is 1.87. The number of hydrogen-bond donors (Lipinski definition) is 1. The van der Waals surface area contributed by atoms with Gasteiger partial charge in [0, 0.05) is 43.7 Å². The number of hydrogen-bond acceptors (Lipinski definition) is 6. The minimum absolute atomic E-state index is 0.148. The topological polar surface area (TPSA) is 109 Å². The first-order chi connectivity index (χ1) is 15.6. The lowest BCUT2D eigenvalue weighted by atomic mass is 10.2. The number of ether oxygens (including phenoxy) is 1. The second-order valence-electron chi connectivity index (χ2n) is 7.42. The van der Waals surface area contributed by atoms with Gasteiger partial charge in [-0.15, -0.1) is 5.10 Å². The number of amides is 2. The molecule has 3 aromatic heterocycles. The van der Waals surface area contributed by atoms with E-state index in [-0.39, 0.29) is 23.1 Å². The Morgan fingerprint density at radius 1 is 1.12 bits per heavy atom. The Kier molecular flexibility index (Phi) is 5.12. The number of carbonyl (C=O) groups is 2. The Balaban J connectivity index is 1.41. The fourth-order valence-electron chi connectivity index (χ4n) is 3.62. The van der Waals surface area contributed by atoms with E-state index in [0.29, 0.717) is 43.5 Å². The van der Waals surface area contributed by atoms with Gasteiger partial charge in [-0.25, -0.2) is 9.50 Å². The van der Waals surface area contributed by atoms with Crippen LogP contribution in [0.2, 0.25) is 0 Å². The van der Waals surface area contributed by atoms with Crippen molar-refractivity contribution in [3.63, 3.8) is 0 Å². The number of rotatable bonds is 4. The molecule has 10 nitrogen and oxygen atoms in total. The van der Waals surface area contributed by atoms with Gasteiger partial charge in [0.1, 0.15) is 5.69 Å². The first-order valence-corrected chi connectivity index (χ1v) is 10.2. The summed E-state index contributed by atoms with van der Waals surface area (Å²) in [4.78, 5) is 33.8. The summed E-state index contributed by atoms with van der Waals surface area (Å²) in [7, 11) is 1.65. The summed E-state index contributed by atoms with van der Waals surface area (Å²) in [6, 6.07) is 13.2. The second-order valence-corrected chi connectivity index (χ2v) is 7.42. The summed E-state index contributed by atoms with van der Waals surface area (Å²) >= 11 is 0. The summed E-state index contributed by atoms with van der Waals surface area (Å²) in [6.07, 6.45) is 3.15. The third kappa shape index (κ3) is 3.60. The van der Waals surface area contributed by atoms with Crippen LogP contribution in [-0.4, -0.2) is 74.9 Å². The fraction of sp³-hybridized carbons (Fsp3) is 0.227. The Bertz CT molecular complexity index is 1280. The van der Waals surface area contributed by atoms with Crippen LogP contribution in [0.3, 0.4) is 0 Å². The molecule has 2 amide bonds. The summed E-state index contributed by atoms with van der Waals surface area (Å²) in [5.74, 6) is -0.00541. The van der Waals surface area contributed by atoms with Gasteiger partial charge < -0.3 is 14.5 Å². The van der Waals surface area contributed by atoms with E-state index in [9.17, 15) is 9.59 Å². The van der Waals surface area contributed by atoms with Crippen LogP contribution >= 0.6 is 0 Å². The highest BCUT2D eigenvalue weighted by Gasteiger charge is 2.27. The van der Waals surface area contributed by atoms with Gasteiger partial charge in [-0.1, -0.05) is 30.3 Å². The maximum absolute atomic E-state index is 13.2. The molecule has 162 valence electrons. The van der Waals surface area contributed by atoms with Crippen LogP contribution in [0.25, 0.3) is 17.0 Å². The molecule has 1 saturated heterocycles. The van der Waals surface area contributed by atoms with Gasteiger partial charge in [-0.2, -0.15) is 5.10 Å². The molecule has 0 radical (unpaired) electrons. The average molecular weight is 431 g/mol. The van der Waals surface area contributed by atoms with Crippen LogP contribution in [0, 0.1) is 0 Å². The molecule has 1 aliphatic heterocycles. The number of carbonyl (C=O) groups excluding carboxylic acids is 2. The molecule has 0 bridgehead atoms. The highest BCUT2D eigenvalue weighted by molar-refractivity contribution is 6.11. The van der Waals surface area contributed by atoms with Crippen LogP contribution in [0.4, 0.5) is 5.69 Å². The van der Waals surface area contributed by atoms with Crippen molar-refractivity contribution in [2.24, 2.45) is 0 Å². The van der Waals surface area contributed by atoms with Gasteiger partial charge in [-0.3, -0.25) is 14.7 Å². The molecule has 0 aliphatic carbocycles. The van der Waals surface area contributed by atoms with Gasteiger partial charge >= 0.3 is 0 Å². The van der Waals surface area contributed by atoms with Crippen LogP contribution in [0.5, 0.6) is 0 Å². The Morgan fingerprint density at radius 2 is 1.91 bits per heavy atom. The standard InChI is InChI=1S/C22H21N7O3/c1-27(22(31)19-17(14-23-25-19)21(30)28-9-11-32-12-10-28)16-7-8-29-18(13-16)24-20(26-29)15-5-3-2-4-6-15/h2-8,13-14H,9-12H2,1H3,(H,23,25). The molecular formula is C22H21N7O3. The zero-order valence-corrected chi connectivity index (χ0v) is 17.4. The van der Waals surface area contributed by atoms with E-state index in [2.05, 4.69) is 20.3 Å². The largest absolute Gasteiger partial charge is 0.378 e. The lowest BCUT2D eigenvalue weighted by Gasteiger charge is -2.26. The third-order valence-corrected chi connectivity index (χ3v) is 5.43. The van der Waals surface area contributed by atoms with Gasteiger partial charge in [0.2, 0.25) is 0 Å². The van der Waals surface area contributed by atoms with Crippen LogP contribution in [-0.2, 0) is 4.74 Å². The lowest BCUT2D eigenvalue weighted by molar-refractivity contribution is 0.0302. The normalized spacial score (nSPS) is 14.0. The third-order valence-electron chi connectivity index (χ3n) is 5.43. The number of H-pyrrole nitrogens is 1. The molecule has 0 unspecified atom stereocenters. The van der Waals surface area contributed by atoms with Crippen molar-refractivity contribution >= 4 is 23.1 Å². The van der Waals surface area contributed by atoms with E-state index in [1.165, 1.54) is 11.1 Å². The molecule has 0 spiro atoms. The number of morpholine rings is 1. The molecule has 32 heavy (non-hydrogen) atoms. The maximum Gasteiger partial charge on any atom is 0.276 e. The van der Waals surface area contributed by atoms with E-state index < -0.39 is 0 Å². The van der Waals surface area contributed by atoms with Crippen molar-refractivity contribution in [2.75, 3.05) is 38.3 Å². The number of aromatic amines is 1. The molecule has 0 saturated carbocycles. The van der Waals surface area contributed by atoms with Gasteiger partial charge in [0.15, 0.2) is 11.5 Å². The number of nitrogens with zero attached hydrogens (tertiary/aromatic N) is 6. The van der Waals surface area contributed by atoms with Crippen LogP contribution in [0.15, 0.2) is 54.9 Å². The van der Waals surface area contributed by atoms with E-state index in [1.807, 2.05) is 30.3 Å². The molecule has 5 rings (SSSR count). The number of aromatic nitrogens is 5. The SMILES string of the molecule is CN(C(=O)c1[nH]ncc1C(=O)N1CCOCC1)c1ccn2nc(-c3ccccc3)nc2c1. The minimum Gasteiger partial charge on any atom is -0.378 e. The number of fused-ring (bicyclic) bond motifs is 1. The van der Waals surface area contributed by atoms with E-state index in [4.69, 9.17) is 4.74 Å². The maximum atomic E-state index is 13.2. The Hall–Kier alpha value is -4.05. The Labute approximate surface area is 183 Å². The highest BCUT2D eigenvalue weighted by Crippen LogP contribution is 2.21. The van der Waals surface area contributed by atoms with Crippen LogP contribution in [0.1, 0.15) is 20.8 Å². The summed E-state index contributed by atoms with van der Waals surface area (Å²) in [5.41, 5.74) is 2.53. The quantitative estimate of drug-likeness (QED) is 0.528. The first kappa shape index (κ1) is 19.9. The summed E-state index contributed by atoms with van der Waals surface area (Å²) in [6.45, 7) is 1.94. The molecule has 1 aliphatic rings. The Morgan fingerprint density at radius 3 is 2.69 bits per heavy atom. The van der Waals surface area contributed by atoms with Crippen molar-refractivity contribution in [2.45, 2.75) is 0 Å². The van der Waals surface area contributed by atoms with Crippen molar-refractivity contribution in [3.8, 4) is 11.4 Å². The highest BCUT2D eigenvalue weighted by atomic mass is 16.5. The number of pyridine rings is 1. The zero-order chi connectivity index (χ0) is 22.1. The van der Waals surface area contributed by atoms with Crippen molar-refractivity contribution < 1.29 is 14.3 Å². The summed E-state index contributed by atoms with van der Waals surface area (Å²) < 4.78 is 6.96. The molecule has 1 N–H and O–H groups in total. The molecule has 1 fully saturated rings. The number of nitrogens with one attached hydrogen (secondary N) is 1. The lowest BCUT2D eigenvalue weighted by Crippen LogP contribution is -2.41. The molecular weight excluding hydrogens is 410 g/mol. The van der Waals surface area contributed by atoms with Gasteiger partial charge in [0.25, 0.3) is 11.8 Å². The van der Waals surface area contributed by atoms with Crippen molar-refractivity contribution in [1.82, 2.24) is 29.7 Å². The molecule has 0 atom stereocenters. The van der Waals surface area contributed by atoms with Gasteiger partial charge in [-0.05, 0) is 6.07 Å². The van der Waals surface area contributed by atoms with Gasteiger partial charge in [0.05, 0.1) is 25.0 Å². The molecule has 4 heterocycles. The predicted molar refractivity (Wildman–Crippen MR) is 116 cm³/mol. The van der Waals surface area contributed by atoms with E-state index in [1.54, 1.807) is 34.8 Å². The monoisotopic (exact) mass is 431 g/mol. The molecule has 4 aromatic rings. The summed E-state index contributed by atoms with van der Waals surface area (Å²) in [5, 5.41) is 11.1. The minimum atomic E-state index is -0.369. The van der Waals surface area contributed by atoms with Crippen molar-refractivity contribution in [3.05, 3.63) is 66.1 Å². The van der Waals surface area contributed by atoms with E-state index in [0.717, 1.165) is 5.56 Å². The number of benzene rings is 1. The molecule has 1 aromatic carbocycles. The van der Waals surface area contributed by atoms with Crippen LogP contribution < -0.4 is 4.90 Å². The number of anilines is 1. The van der Waals surface area contributed by atoms with E-state index >= 15 is 0 Å². The second kappa shape index (κ2) is 8.23. The van der Waals surface area contributed by atoms with Crippen molar-refractivity contribution in [1.29, 1.82) is 0 Å². The first-order valence-electron chi connectivity index (χ1n) is 10.2. The smallest absolute Gasteiger partial charge is 0.276 e. The fourth-order valence-corrected chi connectivity index (χ4v) is 3.62.